The molecule has 0 radical (unpaired) electrons. The Hall–Kier alpha value is -0.840. The normalized spacial score (nSPS) is 24.4. The van der Waals surface area contributed by atoms with Crippen molar-refractivity contribution in [1.29, 1.82) is 0 Å². The zero-order valence-corrected chi connectivity index (χ0v) is 10.6. The highest BCUT2D eigenvalue weighted by Gasteiger charge is 2.27. The van der Waals surface area contributed by atoms with Crippen LogP contribution in [0.25, 0.3) is 0 Å². The standard InChI is InChI=1S/C11H19NO3S/c1-3-4-9(2)11(13)12-7-10-5-6-16(14,15)8-10/h4,10H,3,5-8H2,1-2H3,(H,12,13)/b9-4-. The van der Waals surface area contributed by atoms with Crippen LogP contribution in [-0.2, 0) is 14.6 Å². The van der Waals surface area contributed by atoms with Gasteiger partial charge in [0.05, 0.1) is 11.5 Å². The fourth-order valence-corrected chi connectivity index (χ4v) is 3.67. The van der Waals surface area contributed by atoms with E-state index in [9.17, 15) is 13.2 Å². The Kier molecular flexibility index (Phi) is 4.53. The minimum absolute atomic E-state index is 0.0865. The second-order valence-corrected chi connectivity index (χ2v) is 6.50. The molecule has 1 aliphatic rings. The molecular formula is C11H19NO3S. The van der Waals surface area contributed by atoms with Crippen LogP contribution in [0.2, 0.25) is 0 Å². The van der Waals surface area contributed by atoms with Gasteiger partial charge < -0.3 is 5.32 Å². The summed E-state index contributed by atoms with van der Waals surface area (Å²) in [5.41, 5.74) is 0.698. The largest absolute Gasteiger partial charge is 0.352 e. The van der Waals surface area contributed by atoms with Crippen molar-refractivity contribution in [3.63, 3.8) is 0 Å². The number of hydrogen-bond acceptors (Lipinski definition) is 3. The zero-order chi connectivity index (χ0) is 12.2. The van der Waals surface area contributed by atoms with Crippen LogP contribution >= 0.6 is 0 Å². The summed E-state index contributed by atoms with van der Waals surface area (Å²) in [5, 5.41) is 2.78. The van der Waals surface area contributed by atoms with Gasteiger partial charge in [-0.15, -0.1) is 0 Å². The Labute approximate surface area is 97.0 Å². The molecule has 0 saturated carbocycles. The Morgan fingerprint density at radius 2 is 2.19 bits per heavy atom. The third kappa shape index (κ3) is 3.96. The number of carbonyl (C=O) groups is 1. The van der Waals surface area contributed by atoms with Gasteiger partial charge in [0, 0.05) is 12.1 Å². The molecular weight excluding hydrogens is 226 g/mol. The fourth-order valence-electron chi connectivity index (χ4n) is 1.81. The predicted molar refractivity (Wildman–Crippen MR) is 63.8 cm³/mol. The van der Waals surface area contributed by atoms with Gasteiger partial charge in [-0.25, -0.2) is 8.42 Å². The number of allylic oxidation sites excluding steroid dienone is 1. The lowest BCUT2D eigenvalue weighted by Crippen LogP contribution is -2.30. The van der Waals surface area contributed by atoms with Crippen molar-refractivity contribution in [1.82, 2.24) is 5.32 Å². The van der Waals surface area contributed by atoms with E-state index in [0.29, 0.717) is 18.5 Å². The molecule has 0 aromatic heterocycles. The third-order valence-electron chi connectivity index (χ3n) is 2.75. The van der Waals surface area contributed by atoms with E-state index in [0.717, 1.165) is 6.42 Å². The summed E-state index contributed by atoms with van der Waals surface area (Å²) in [7, 11) is -2.84. The highest BCUT2D eigenvalue weighted by molar-refractivity contribution is 7.91. The summed E-state index contributed by atoms with van der Waals surface area (Å²) < 4.78 is 22.4. The maximum absolute atomic E-state index is 11.5. The van der Waals surface area contributed by atoms with Crippen LogP contribution in [0.5, 0.6) is 0 Å². The lowest BCUT2D eigenvalue weighted by molar-refractivity contribution is -0.117. The van der Waals surface area contributed by atoms with Gasteiger partial charge in [-0.3, -0.25) is 4.79 Å². The number of amides is 1. The molecule has 5 heteroatoms. The predicted octanol–water partition coefficient (Wildman–Crippen LogP) is 0.894. The second kappa shape index (κ2) is 5.48. The van der Waals surface area contributed by atoms with E-state index in [2.05, 4.69) is 5.32 Å². The molecule has 16 heavy (non-hydrogen) atoms. The van der Waals surface area contributed by atoms with Crippen molar-refractivity contribution in [3.8, 4) is 0 Å². The van der Waals surface area contributed by atoms with Crippen LogP contribution in [0.3, 0.4) is 0 Å². The number of nitrogens with one attached hydrogen (secondary N) is 1. The maximum Gasteiger partial charge on any atom is 0.246 e. The van der Waals surface area contributed by atoms with Crippen molar-refractivity contribution in [2.45, 2.75) is 26.7 Å². The van der Waals surface area contributed by atoms with Crippen LogP contribution in [0, 0.1) is 5.92 Å². The SMILES string of the molecule is CC/C=C(/C)C(=O)NCC1CCS(=O)(=O)C1. The first-order chi connectivity index (χ1) is 7.44. The zero-order valence-electron chi connectivity index (χ0n) is 9.82. The van der Waals surface area contributed by atoms with Gasteiger partial charge >= 0.3 is 0 Å². The minimum atomic E-state index is -2.84. The Morgan fingerprint density at radius 1 is 1.50 bits per heavy atom. The molecule has 1 amide bonds. The minimum Gasteiger partial charge on any atom is -0.352 e. The van der Waals surface area contributed by atoms with Gasteiger partial charge in [0.15, 0.2) is 9.84 Å². The van der Waals surface area contributed by atoms with E-state index < -0.39 is 9.84 Å². The maximum atomic E-state index is 11.5. The number of carbonyl (C=O) groups excluding carboxylic acids is 1. The van der Waals surface area contributed by atoms with Gasteiger partial charge in [0.1, 0.15) is 0 Å². The van der Waals surface area contributed by atoms with E-state index in [-0.39, 0.29) is 23.3 Å². The molecule has 1 rings (SSSR count). The smallest absolute Gasteiger partial charge is 0.246 e. The Bertz CT molecular complexity index is 384. The highest BCUT2D eigenvalue weighted by Crippen LogP contribution is 2.17. The third-order valence-corrected chi connectivity index (χ3v) is 4.58. The van der Waals surface area contributed by atoms with E-state index in [1.807, 2.05) is 13.0 Å². The number of sulfone groups is 1. The molecule has 1 fully saturated rings. The fraction of sp³-hybridized carbons (Fsp3) is 0.727. The van der Waals surface area contributed by atoms with Crippen LogP contribution in [0.1, 0.15) is 26.7 Å². The first kappa shape index (κ1) is 13.2. The van der Waals surface area contributed by atoms with E-state index in [1.165, 1.54) is 0 Å². The molecule has 1 unspecified atom stereocenters. The molecule has 0 aromatic carbocycles. The lowest BCUT2D eigenvalue weighted by atomic mass is 10.1. The molecule has 0 aromatic rings. The summed E-state index contributed by atoms with van der Waals surface area (Å²) in [4.78, 5) is 11.5. The summed E-state index contributed by atoms with van der Waals surface area (Å²) in [6, 6.07) is 0. The van der Waals surface area contributed by atoms with E-state index >= 15 is 0 Å². The Morgan fingerprint density at radius 3 is 2.69 bits per heavy atom. The van der Waals surface area contributed by atoms with Crippen LogP contribution in [-0.4, -0.2) is 32.4 Å². The first-order valence-electron chi connectivity index (χ1n) is 5.60. The average Bonchev–Trinajstić information content (AvgIpc) is 2.55. The lowest BCUT2D eigenvalue weighted by Gasteiger charge is -2.09. The van der Waals surface area contributed by atoms with Gasteiger partial charge in [-0.05, 0) is 25.7 Å². The summed E-state index contributed by atoms with van der Waals surface area (Å²) in [6.45, 7) is 4.21. The van der Waals surface area contributed by atoms with Gasteiger partial charge in [0.2, 0.25) is 5.91 Å². The molecule has 1 atom stereocenters. The van der Waals surface area contributed by atoms with Gasteiger partial charge in [-0.1, -0.05) is 13.0 Å². The molecule has 1 N–H and O–H groups in total. The summed E-state index contributed by atoms with van der Waals surface area (Å²) in [6.07, 6.45) is 3.36. The van der Waals surface area contributed by atoms with Crippen molar-refractivity contribution in [2.24, 2.45) is 5.92 Å². The molecule has 1 heterocycles. The van der Waals surface area contributed by atoms with Gasteiger partial charge in [0.25, 0.3) is 0 Å². The van der Waals surface area contributed by atoms with Crippen LogP contribution < -0.4 is 5.32 Å². The van der Waals surface area contributed by atoms with Crippen molar-refractivity contribution in [2.75, 3.05) is 18.1 Å². The molecule has 0 bridgehead atoms. The second-order valence-electron chi connectivity index (χ2n) is 4.27. The summed E-state index contributed by atoms with van der Waals surface area (Å²) >= 11 is 0. The van der Waals surface area contributed by atoms with Crippen molar-refractivity contribution >= 4 is 15.7 Å². The summed E-state index contributed by atoms with van der Waals surface area (Å²) in [5.74, 6) is 0.468. The van der Waals surface area contributed by atoms with Crippen molar-refractivity contribution in [3.05, 3.63) is 11.6 Å². The van der Waals surface area contributed by atoms with Crippen molar-refractivity contribution < 1.29 is 13.2 Å². The van der Waals surface area contributed by atoms with Crippen LogP contribution in [0.15, 0.2) is 11.6 Å². The van der Waals surface area contributed by atoms with Gasteiger partial charge in [-0.2, -0.15) is 0 Å². The topological polar surface area (TPSA) is 63.2 Å². The molecule has 92 valence electrons. The first-order valence-corrected chi connectivity index (χ1v) is 7.42. The Balaban J connectivity index is 2.36. The molecule has 0 spiro atoms. The monoisotopic (exact) mass is 245 g/mol. The van der Waals surface area contributed by atoms with E-state index in [4.69, 9.17) is 0 Å². The number of rotatable bonds is 4. The number of hydrogen-bond donors (Lipinski definition) is 1. The molecule has 0 aliphatic carbocycles. The average molecular weight is 245 g/mol. The van der Waals surface area contributed by atoms with E-state index in [1.54, 1.807) is 6.92 Å². The molecule has 1 saturated heterocycles. The quantitative estimate of drug-likeness (QED) is 0.748. The highest BCUT2D eigenvalue weighted by atomic mass is 32.2. The van der Waals surface area contributed by atoms with Crippen LogP contribution in [0.4, 0.5) is 0 Å². The molecule has 1 aliphatic heterocycles. The molecule has 4 nitrogen and oxygen atoms in total.